The number of aliphatic hydroxyl groups excluding tert-OH is 1. The summed E-state index contributed by atoms with van der Waals surface area (Å²) in [7, 11) is 2.17. The number of likely N-dealkylation sites (N-methyl/N-ethyl adjacent to an activating group) is 1. The highest BCUT2D eigenvalue weighted by molar-refractivity contribution is 6.18. The Hall–Kier alpha value is -11.2. The van der Waals surface area contributed by atoms with Gasteiger partial charge in [0.25, 0.3) is 0 Å². The molecule has 0 radical (unpaired) electrons. The lowest BCUT2D eigenvalue weighted by Crippen LogP contribution is -2.60. The molecular weight excluding hydrogens is 1650 g/mol. The Kier molecular flexibility index (Phi) is 26.4. The second-order valence-corrected chi connectivity index (χ2v) is 36.9. The Morgan fingerprint density at radius 3 is 1.19 bits per heavy atom. The van der Waals surface area contributed by atoms with Gasteiger partial charge in [-0.2, -0.15) is 0 Å². The zero-order valence-corrected chi connectivity index (χ0v) is 73.2. The number of hydrogen-bond donors (Lipinski definition) is 2. The average Bonchev–Trinajstić information content (AvgIpc) is 1.59. The third-order valence-electron chi connectivity index (χ3n) is 27.9. The number of likely N-dealkylation sites (tertiary alicyclic amines) is 3. The lowest BCUT2D eigenvalue weighted by Gasteiger charge is -2.48. The van der Waals surface area contributed by atoms with E-state index in [4.69, 9.17) is 48.6 Å². The van der Waals surface area contributed by atoms with E-state index in [1.165, 1.54) is 32.4 Å². The number of nitrogens with zero attached hydrogens (tertiary/aromatic N) is 8. The third-order valence-corrected chi connectivity index (χ3v) is 28.5. The van der Waals surface area contributed by atoms with E-state index in [1.54, 1.807) is 6.92 Å². The zero-order chi connectivity index (χ0) is 88.3. The molecule has 1 amide bonds. The maximum atomic E-state index is 12.5. The molecule has 0 bridgehead atoms. The molecule has 5 saturated carbocycles. The Balaban J connectivity index is 0.000000115. The Morgan fingerprint density at radius 1 is 0.477 bits per heavy atom. The maximum absolute atomic E-state index is 12.5. The number of alkyl halides is 1. The summed E-state index contributed by atoms with van der Waals surface area (Å²) in [5.41, 5.74) is 5.03. The summed E-state index contributed by atoms with van der Waals surface area (Å²) in [4.78, 5) is 117. The average molecular weight is 1760 g/mol. The van der Waals surface area contributed by atoms with Crippen molar-refractivity contribution in [1.82, 2.24) is 45.5 Å². The van der Waals surface area contributed by atoms with Crippen LogP contribution in [-0.2, 0) is 43.2 Å². The highest BCUT2D eigenvalue weighted by atomic mass is 35.5. The number of Topliss-reactive ketones (excluding diaryl/α,β-unsaturated/α-hetero) is 8. The fourth-order valence-corrected chi connectivity index (χ4v) is 20.7. The molecule has 128 heavy (non-hydrogen) atoms. The molecule has 0 spiro atoms. The number of rotatable bonds is 24. The third kappa shape index (κ3) is 19.3. The van der Waals surface area contributed by atoms with Crippen molar-refractivity contribution >= 4 is 151 Å². The molecule has 8 aromatic carbocycles. The van der Waals surface area contributed by atoms with Crippen molar-refractivity contribution in [3.63, 3.8) is 0 Å². The van der Waals surface area contributed by atoms with Crippen LogP contribution >= 0.6 is 11.6 Å². The second kappa shape index (κ2) is 38.6. The van der Waals surface area contributed by atoms with Gasteiger partial charge < -0.3 is 52.4 Å². The summed E-state index contributed by atoms with van der Waals surface area (Å²) in [5, 5.41) is 41.1. The monoisotopic (exact) mass is 1760 g/mol. The molecule has 8 heterocycles. The fourth-order valence-electron chi connectivity index (χ4n) is 20.4. The van der Waals surface area contributed by atoms with E-state index in [0.717, 1.165) is 184 Å². The van der Waals surface area contributed by atoms with E-state index < -0.39 is 5.92 Å². The lowest BCUT2D eigenvalue weighted by atomic mass is 9.83. The predicted molar refractivity (Wildman–Crippen MR) is 482 cm³/mol. The number of ketones is 8. The van der Waals surface area contributed by atoms with Crippen LogP contribution in [0.25, 0.3) is 87.0 Å². The van der Waals surface area contributed by atoms with Crippen LogP contribution in [0.15, 0.2) is 139 Å². The number of carbonyl (C=O) groups is 9. The molecule has 28 heteroatoms. The number of piperidine rings is 3. The highest BCUT2D eigenvalue weighted by Crippen LogP contribution is 2.46. The number of nitrogens with one attached hydrogen (secondary N) is 1. The van der Waals surface area contributed by atoms with Crippen molar-refractivity contribution in [3.8, 4) is 23.0 Å². The van der Waals surface area contributed by atoms with Crippen LogP contribution in [0.3, 0.4) is 0 Å². The quantitative estimate of drug-likeness (QED) is 0.0322. The smallest absolute Gasteiger partial charge is 0.219 e. The Bertz CT molecular complexity index is 6210. The van der Waals surface area contributed by atoms with Gasteiger partial charge in [0.15, 0.2) is 22.3 Å². The van der Waals surface area contributed by atoms with Crippen LogP contribution in [0.4, 0.5) is 0 Å². The number of amides is 1. The van der Waals surface area contributed by atoms with Crippen molar-refractivity contribution in [2.75, 3.05) is 118 Å². The first-order valence-corrected chi connectivity index (χ1v) is 46.1. The minimum Gasteiger partial charge on any atom is -0.494 e. The summed E-state index contributed by atoms with van der Waals surface area (Å²) in [6.45, 7) is 14.9. The number of halogens is 1. The van der Waals surface area contributed by atoms with E-state index in [0.29, 0.717) is 141 Å². The van der Waals surface area contributed by atoms with Crippen LogP contribution in [0.2, 0.25) is 0 Å². The number of ether oxygens (including phenoxy) is 4. The van der Waals surface area contributed by atoms with Gasteiger partial charge in [0.2, 0.25) is 5.91 Å². The SMILES string of the molecule is CC(=O)N1CCC(CCCOc2ccc3c(ccc4onc(C5CCC(=O)CC5=O)c43)c2)CC1.CN(CCOc1ccc2c(ccc3onc(C4CCC(=O)CC4=O)c32)c1)C1CCNCC1.O=C1CCC(c2noc3ccc4cc(OCCN5CC(CO)(CCl)C5)ccc4c23)C(=O)C1.O=C1CCC(c2noc3ccc4cc(OCCN5CC6CC6C5)ccc4c23)C(=O)C1. The van der Waals surface area contributed by atoms with Crippen molar-refractivity contribution in [2.24, 2.45) is 23.2 Å². The van der Waals surface area contributed by atoms with Gasteiger partial charge in [-0.1, -0.05) is 44.9 Å². The fraction of sp³-hybridized carbons (Fsp3) is 0.470. The normalized spacial score (nSPS) is 21.9. The Labute approximate surface area is 744 Å². The van der Waals surface area contributed by atoms with Gasteiger partial charge in [0.05, 0.1) is 84.1 Å². The van der Waals surface area contributed by atoms with Crippen LogP contribution < -0.4 is 24.3 Å². The summed E-state index contributed by atoms with van der Waals surface area (Å²) < 4.78 is 46.2. The van der Waals surface area contributed by atoms with Crippen LogP contribution in [-0.4, -0.2) is 222 Å². The van der Waals surface area contributed by atoms with Crippen molar-refractivity contribution in [3.05, 3.63) is 144 Å². The Morgan fingerprint density at radius 2 is 0.836 bits per heavy atom. The van der Waals surface area contributed by atoms with Crippen LogP contribution in [0, 0.1) is 23.2 Å². The number of carbonyl (C=O) groups excluding carboxylic acids is 9. The van der Waals surface area contributed by atoms with Gasteiger partial charge in [0, 0.05) is 109 Å². The van der Waals surface area contributed by atoms with E-state index in [2.05, 4.69) is 47.7 Å². The summed E-state index contributed by atoms with van der Waals surface area (Å²) in [6, 6.07) is 40.0. The largest absolute Gasteiger partial charge is 0.494 e. The first-order chi connectivity index (χ1) is 62.3. The molecule has 4 saturated heterocycles. The lowest BCUT2D eigenvalue weighted by molar-refractivity contribution is -0.132. The zero-order valence-electron chi connectivity index (χ0n) is 72.5. The topological polar surface area (TPSA) is 340 Å². The van der Waals surface area contributed by atoms with Gasteiger partial charge in [-0.05, 0) is 249 Å². The predicted octanol–water partition coefficient (Wildman–Crippen LogP) is 15.3. The molecular formula is C100H108ClN9O18. The molecule has 4 aliphatic heterocycles. The molecule has 21 rings (SSSR count). The van der Waals surface area contributed by atoms with Crippen molar-refractivity contribution in [1.29, 1.82) is 0 Å². The first-order valence-electron chi connectivity index (χ1n) is 45.5. The van der Waals surface area contributed by atoms with Crippen molar-refractivity contribution in [2.45, 2.75) is 159 Å². The number of aliphatic hydroxyl groups is 1. The van der Waals surface area contributed by atoms with E-state index in [1.807, 2.05) is 126 Å². The molecule has 9 fully saturated rings. The summed E-state index contributed by atoms with van der Waals surface area (Å²) in [5.74, 6) is 4.67. The number of hydrogen-bond acceptors (Lipinski definition) is 26. The number of benzene rings is 8. The minimum absolute atomic E-state index is 0.000283. The molecule has 12 aromatic rings. The van der Waals surface area contributed by atoms with Crippen LogP contribution in [0.5, 0.6) is 23.0 Å². The molecule has 27 nitrogen and oxygen atoms in total. The van der Waals surface area contributed by atoms with Gasteiger partial charge in [-0.3, -0.25) is 57.9 Å². The molecule has 6 unspecified atom stereocenters. The molecule has 2 N–H and O–H groups in total. The van der Waals surface area contributed by atoms with Gasteiger partial charge in [-0.25, -0.2) is 0 Å². The molecule has 5 aliphatic carbocycles. The highest BCUT2D eigenvalue weighted by Gasteiger charge is 2.45. The standard InChI is InChI=1S/C27H30N2O5.C25H29N3O4.C24H25ClN2O5.C24H24N2O4/c1-17(30)29-12-10-18(11-13-29)3-2-14-33-21-6-8-22-19(15-21)4-9-25-26(22)27(28-34-25)23-7-5-20(31)16-24(23)32;1-28(17-8-10-26-11-9-17)12-13-31-19-4-6-20-16(14-19)2-7-23-24(20)25(27-32-23)21-5-3-18(29)15-22(21)30;25-11-24(14-28)12-27(13-24)7-8-31-17-3-5-18-15(9-17)1-6-21-22(18)23(26-32-21)19-4-2-16(29)10-20(19)30;27-17-2-4-20(21(28)11-17)24-23-19-5-3-18(10-14(19)1-6-22(23)30-25-24)29-8-7-26-12-15-9-16(15)13-26/h4,6,8-9,15,18,23H,2-3,5,7,10-14,16H2,1H3;2,4,6-7,14,17,21,26H,3,5,8-13,15H2,1H3;1,3,5-6,9,19,28H,2,4,7-8,10-14H2;1,3,5-6,10,15-16,20H,2,4,7-9,11-13H2. The molecule has 9 aliphatic rings. The second-order valence-electron chi connectivity index (χ2n) is 36.6. The van der Waals surface area contributed by atoms with E-state index >= 15 is 0 Å². The molecule has 6 atom stereocenters. The van der Waals surface area contributed by atoms with Gasteiger partial charge >= 0.3 is 0 Å². The van der Waals surface area contributed by atoms with Gasteiger partial charge in [0.1, 0.15) is 112 Å². The summed E-state index contributed by atoms with van der Waals surface area (Å²) in [6.07, 6.45) is 11.6. The van der Waals surface area contributed by atoms with Crippen LogP contribution in [0.1, 0.15) is 175 Å². The van der Waals surface area contributed by atoms with E-state index in [-0.39, 0.29) is 108 Å². The summed E-state index contributed by atoms with van der Waals surface area (Å²) >= 11 is 5.96. The van der Waals surface area contributed by atoms with E-state index in [9.17, 15) is 48.3 Å². The van der Waals surface area contributed by atoms with Gasteiger partial charge in [-0.15, -0.1) is 11.6 Å². The number of aromatic nitrogens is 4. The number of fused-ring (bicyclic) bond motifs is 13. The molecule has 668 valence electrons. The molecule has 4 aromatic heterocycles. The van der Waals surface area contributed by atoms with Crippen molar-refractivity contribution < 1.29 is 85.3 Å². The minimum atomic E-state index is -0.397. The maximum Gasteiger partial charge on any atom is 0.219 e. The first kappa shape index (κ1) is 87.5.